The maximum absolute atomic E-state index is 13.7. The Hall–Kier alpha value is -2.93. The molecule has 2 fully saturated rings. The van der Waals surface area contributed by atoms with Crippen molar-refractivity contribution in [3.05, 3.63) is 65.0 Å². The second-order valence-electron chi connectivity index (χ2n) is 9.66. The number of benzene rings is 2. The summed E-state index contributed by atoms with van der Waals surface area (Å²) in [6.45, 7) is 4.23. The van der Waals surface area contributed by atoms with Crippen LogP contribution in [0.2, 0.25) is 0 Å². The number of ether oxygens (including phenoxy) is 1. The predicted molar refractivity (Wildman–Crippen MR) is 122 cm³/mol. The Kier molecular flexibility index (Phi) is 5.60. The molecule has 1 N–H and O–H groups in total. The zero-order valence-electron chi connectivity index (χ0n) is 19.1. The minimum Gasteiger partial charge on any atom is -0.494 e. The third kappa shape index (κ3) is 3.88. The molecule has 7 heteroatoms. The number of likely N-dealkylation sites (tertiary alicyclic amines) is 1. The van der Waals surface area contributed by atoms with Gasteiger partial charge in [0.05, 0.1) is 7.11 Å². The summed E-state index contributed by atoms with van der Waals surface area (Å²) in [5.41, 5.74) is 2.58. The number of carbonyl (C=O) groups is 2. The molecule has 0 spiro atoms. The van der Waals surface area contributed by atoms with Gasteiger partial charge in [0.15, 0.2) is 11.6 Å². The van der Waals surface area contributed by atoms with Crippen molar-refractivity contribution in [1.29, 1.82) is 0 Å². The van der Waals surface area contributed by atoms with E-state index >= 15 is 0 Å². The highest BCUT2D eigenvalue weighted by atomic mass is 19.1. The van der Waals surface area contributed by atoms with Gasteiger partial charge in [-0.25, -0.2) is 9.18 Å². The zero-order valence-corrected chi connectivity index (χ0v) is 19.1. The molecule has 5 rings (SSSR count). The van der Waals surface area contributed by atoms with E-state index in [1.54, 1.807) is 12.1 Å². The van der Waals surface area contributed by atoms with E-state index in [4.69, 9.17) is 4.74 Å². The van der Waals surface area contributed by atoms with E-state index in [9.17, 15) is 14.0 Å². The number of carbonyl (C=O) groups excluding carboxylic acids is 2. The van der Waals surface area contributed by atoms with Crippen molar-refractivity contribution in [2.24, 2.45) is 5.92 Å². The Morgan fingerprint density at radius 1 is 1.09 bits per heavy atom. The first kappa shape index (κ1) is 21.9. The summed E-state index contributed by atoms with van der Waals surface area (Å²) in [5.74, 6) is -0.115. The molecule has 33 heavy (non-hydrogen) atoms. The molecule has 0 saturated carbocycles. The van der Waals surface area contributed by atoms with Crippen LogP contribution < -0.4 is 10.1 Å². The monoisotopic (exact) mass is 451 g/mol. The number of urea groups is 1. The first-order chi connectivity index (χ1) is 15.9. The van der Waals surface area contributed by atoms with Crippen LogP contribution in [0.3, 0.4) is 0 Å². The van der Waals surface area contributed by atoms with Crippen LogP contribution in [-0.2, 0) is 24.2 Å². The minimum absolute atomic E-state index is 0.0849. The van der Waals surface area contributed by atoms with Crippen LogP contribution in [-0.4, -0.2) is 53.5 Å². The van der Waals surface area contributed by atoms with Crippen molar-refractivity contribution in [2.75, 3.05) is 20.2 Å². The van der Waals surface area contributed by atoms with Crippen molar-refractivity contribution in [3.63, 3.8) is 0 Å². The number of rotatable bonds is 5. The van der Waals surface area contributed by atoms with E-state index in [1.165, 1.54) is 29.2 Å². The molecule has 2 saturated heterocycles. The van der Waals surface area contributed by atoms with Gasteiger partial charge in [0.1, 0.15) is 5.54 Å². The summed E-state index contributed by atoms with van der Waals surface area (Å²) < 4.78 is 18.8. The molecule has 6 nitrogen and oxygen atoms in total. The molecule has 0 aromatic heterocycles. The van der Waals surface area contributed by atoms with Crippen LogP contribution in [0, 0.1) is 11.7 Å². The van der Waals surface area contributed by atoms with Gasteiger partial charge in [-0.2, -0.15) is 0 Å². The normalized spacial score (nSPS) is 24.3. The smallest absolute Gasteiger partial charge is 0.325 e. The van der Waals surface area contributed by atoms with E-state index in [1.807, 2.05) is 19.1 Å². The van der Waals surface area contributed by atoms with Crippen LogP contribution >= 0.6 is 0 Å². The molecule has 2 aromatic carbocycles. The number of methoxy groups -OCH3 is 1. The lowest BCUT2D eigenvalue weighted by Crippen LogP contribution is -2.54. The summed E-state index contributed by atoms with van der Waals surface area (Å²) >= 11 is 0. The van der Waals surface area contributed by atoms with Gasteiger partial charge in [-0.15, -0.1) is 0 Å². The molecule has 2 aromatic rings. The average Bonchev–Trinajstić information content (AvgIpc) is 3.33. The summed E-state index contributed by atoms with van der Waals surface area (Å²) in [5, 5.41) is 3.05. The molecule has 1 atom stereocenters. The van der Waals surface area contributed by atoms with Crippen LogP contribution in [0.5, 0.6) is 5.75 Å². The Bertz CT molecular complexity index is 1060. The highest BCUT2D eigenvalue weighted by molar-refractivity contribution is 6.07. The van der Waals surface area contributed by atoms with E-state index < -0.39 is 5.54 Å². The lowest BCUT2D eigenvalue weighted by molar-refractivity contribution is -0.134. The lowest BCUT2D eigenvalue weighted by atomic mass is 9.78. The average molecular weight is 452 g/mol. The van der Waals surface area contributed by atoms with Gasteiger partial charge in [-0.3, -0.25) is 14.6 Å². The van der Waals surface area contributed by atoms with Gasteiger partial charge in [-0.1, -0.05) is 30.3 Å². The number of nitrogens with one attached hydrogen (secondary N) is 1. The number of hydrogen-bond acceptors (Lipinski definition) is 4. The fraction of sp³-hybridized carbons (Fsp3) is 0.462. The number of piperidine rings is 1. The topological polar surface area (TPSA) is 61.9 Å². The summed E-state index contributed by atoms with van der Waals surface area (Å²) in [6.07, 6.45) is 3.09. The van der Waals surface area contributed by atoms with Crippen molar-refractivity contribution >= 4 is 11.9 Å². The number of fused-ring (bicyclic) bond motifs is 1. The quantitative estimate of drug-likeness (QED) is 0.707. The highest BCUT2D eigenvalue weighted by Crippen LogP contribution is 2.37. The summed E-state index contributed by atoms with van der Waals surface area (Å²) in [4.78, 5) is 30.2. The molecule has 0 unspecified atom stereocenters. The molecule has 0 radical (unpaired) electrons. The maximum Gasteiger partial charge on any atom is 0.325 e. The molecule has 3 aliphatic rings. The van der Waals surface area contributed by atoms with E-state index in [-0.39, 0.29) is 35.5 Å². The molecular weight excluding hydrogens is 421 g/mol. The maximum atomic E-state index is 13.7. The van der Waals surface area contributed by atoms with E-state index in [0.29, 0.717) is 6.54 Å². The van der Waals surface area contributed by atoms with Crippen LogP contribution in [0.15, 0.2) is 42.5 Å². The summed E-state index contributed by atoms with van der Waals surface area (Å²) in [7, 11) is 1.47. The second kappa shape index (κ2) is 8.45. The van der Waals surface area contributed by atoms with Gasteiger partial charge in [0, 0.05) is 12.6 Å². The van der Waals surface area contributed by atoms with Crippen molar-refractivity contribution in [3.8, 4) is 5.75 Å². The third-order valence-corrected chi connectivity index (χ3v) is 7.67. The molecule has 3 amide bonds. The largest absolute Gasteiger partial charge is 0.494 e. The zero-order chi connectivity index (χ0) is 23.2. The number of imide groups is 1. The fourth-order valence-electron chi connectivity index (χ4n) is 5.73. The SMILES string of the molecule is COc1cc(CN2CCC([C@]3(C)NC(=O)N(C4Cc5ccccc5C4)C3=O)CC2)ccc1F. The van der Waals surface area contributed by atoms with Crippen LogP contribution in [0.1, 0.15) is 36.5 Å². The number of nitrogens with zero attached hydrogens (tertiary/aromatic N) is 2. The van der Waals surface area contributed by atoms with Crippen molar-refractivity contribution in [2.45, 2.75) is 50.7 Å². The highest BCUT2D eigenvalue weighted by Gasteiger charge is 2.55. The molecule has 2 heterocycles. The van der Waals surface area contributed by atoms with Gasteiger partial charge in [0.2, 0.25) is 0 Å². The fourth-order valence-corrected chi connectivity index (χ4v) is 5.73. The first-order valence-electron chi connectivity index (χ1n) is 11.7. The van der Waals surface area contributed by atoms with Gasteiger partial charge < -0.3 is 10.1 Å². The standard InChI is InChI=1S/C26H30FN3O3/c1-26(20-9-11-29(12-10-20)16-17-7-8-22(27)23(13-17)33-2)24(31)30(25(32)28-26)21-14-18-5-3-4-6-19(18)15-21/h3-8,13,20-21H,9-12,14-16H2,1-2H3,(H,28,32)/t26-/m0/s1. The van der Waals surface area contributed by atoms with Crippen LogP contribution in [0.25, 0.3) is 0 Å². The van der Waals surface area contributed by atoms with Gasteiger partial charge in [-0.05, 0) is 80.4 Å². The number of hydrogen-bond donors (Lipinski definition) is 1. The number of halogens is 1. The van der Waals surface area contributed by atoms with E-state index in [0.717, 1.165) is 44.3 Å². The lowest BCUT2D eigenvalue weighted by Gasteiger charge is -2.39. The predicted octanol–water partition coefficient (Wildman–Crippen LogP) is 3.52. The Balaban J connectivity index is 1.22. The van der Waals surface area contributed by atoms with E-state index in [2.05, 4.69) is 22.3 Å². The molecule has 174 valence electrons. The van der Waals surface area contributed by atoms with Gasteiger partial charge >= 0.3 is 6.03 Å². The van der Waals surface area contributed by atoms with Gasteiger partial charge in [0.25, 0.3) is 5.91 Å². The molecule has 1 aliphatic carbocycles. The van der Waals surface area contributed by atoms with Crippen LogP contribution in [0.4, 0.5) is 9.18 Å². The first-order valence-corrected chi connectivity index (χ1v) is 11.7. The number of amides is 3. The Morgan fingerprint density at radius 2 is 1.76 bits per heavy atom. The Labute approximate surface area is 193 Å². The third-order valence-electron chi connectivity index (χ3n) is 7.67. The molecule has 2 aliphatic heterocycles. The van der Waals surface area contributed by atoms with Crippen molar-refractivity contribution < 1.29 is 18.7 Å². The van der Waals surface area contributed by atoms with Crippen molar-refractivity contribution in [1.82, 2.24) is 15.1 Å². The minimum atomic E-state index is -0.864. The second-order valence-corrected chi connectivity index (χ2v) is 9.66. The Morgan fingerprint density at radius 3 is 2.39 bits per heavy atom. The molecular formula is C26H30FN3O3. The summed E-state index contributed by atoms with van der Waals surface area (Å²) in [6, 6.07) is 12.8. The molecule has 0 bridgehead atoms.